The predicted octanol–water partition coefficient (Wildman–Crippen LogP) is 3.70. The highest BCUT2D eigenvalue weighted by molar-refractivity contribution is 5.84. The molecule has 1 aromatic heterocycles. The summed E-state index contributed by atoms with van der Waals surface area (Å²) >= 11 is 0. The first-order chi connectivity index (χ1) is 8.65. The SMILES string of the molecule is CCc1cccc2cc(C(CC)CC(=O)O)[nH]c12. The molecule has 2 aromatic rings. The van der Waals surface area contributed by atoms with E-state index < -0.39 is 5.97 Å². The van der Waals surface area contributed by atoms with Crippen LogP contribution in [0.2, 0.25) is 0 Å². The van der Waals surface area contributed by atoms with Gasteiger partial charge in [0.1, 0.15) is 0 Å². The lowest BCUT2D eigenvalue weighted by Crippen LogP contribution is -2.05. The molecule has 1 heterocycles. The highest BCUT2D eigenvalue weighted by Crippen LogP contribution is 2.28. The van der Waals surface area contributed by atoms with Crippen LogP contribution < -0.4 is 0 Å². The molecule has 0 aliphatic heterocycles. The smallest absolute Gasteiger partial charge is 0.304 e. The molecule has 0 spiro atoms. The molecule has 0 saturated heterocycles. The van der Waals surface area contributed by atoms with E-state index in [1.165, 1.54) is 10.9 Å². The molecule has 0 bridgehead atoms. The third-order valence-corrected chi connectivity index (χ3v) is 3.50. The Hall–Kier alpha value is -1.77. The van der Waals surface area contributed by atoms with E-state index in [-0.39, 0.29) is 12.3 Å². The summed E-state index contributed by atoms with van der Waals surface area (Å²) in [6.45, 7) is 4.16. The van der Waals surface area contributed by atoms with Gasteiger partial charge in [-0.25, -0.2) is 0 Å². The molecule has 1 atom stereocenters. The average Bonchev–Trinajstić information content (AvgIpc) is 2.78. The number of hydrogen-bond donors (Lipinski definition) is 2. The zero-order valence-electron chi connectivity index (χ0n) is 10.9. The summed E-state index contributed by atoms with van der Waals surface area (Å²) in [5, 5.41) is 10.1. The summed E-state index contributed by atoms with van der Waals surface area (Å²) < 4.78 is 0. The van der Waals surface area contributed by atoms with Crippen molar-refractivity contribution < 1.29 is 9.90 Å². The fraction of sp³-hybridized carbons (Fsp3) is 0.400. The Kier molecular flexibility index (Phi) is 3.70. The molecule has 2 N–H and O–H groups in total. The lowest BCUT2D eigenvalue weighted by atomic mass is 9.98. The van der Waals surface area contributed by atoms with Gasteiger partial charge in [-0.05, 0) is 29.9 Å². The van der Waals surface area contributed by atoms with Crippen molar-refractivity contribution in [1.29, 1.82) is 0 Å². The molecule has 0 radical (unpaired) electrons. The van der Waals surface area contributed by atoms with Crippen LogP contribution >= 0.6 is 0 Å². The second kappa shape index (κ2) is 5.25. The highest BCUT2D eigenvalue weighted by Gasteiger charge is 2.16. The number of para-hydroxylation sites is 1. The van der Waals surface area contributed by atoms with Crippen LogP contribution in [0.25, 0.3) is 10.9 Å². The van der Waals surface area contributed by atoms with Gasteiger partial charge in [0.05, 0.1) is 6.42 Å². The quantitative estimate of drug-likeness (QED) is 0.843. The summed E-state index contributed by atoms with van der Waals surface area (Å²) in [6.07, 6.45) is 2.00. The first-order valence-corrected chi connectivity index (χ1v) is 6.48. The maximum atomic E-state index is 10.9. The van der Waals surface area contributed by atoms with Crippen molar-refractivity contribution in [3.8, 4) is 0 Å². The Morgan fingerprint density at radius 1 is 1.39 bits per heavy atom. The molecule has 18 heavy (non-hydrogen) atoms. The molecular weight excluding hydrogens is 226 g/mol. The van der Waals surface area contributed by atoms with E-state index in [4.69, 9.17) is 5.11 Å². The van der Waals surface area contributed by atoms with Crippen LogP contribution in [0, 0.1) is 0 Å². The summed E-state index contributed by atoms with van der Waals surface area (Å²) in [5.41, 5.74) is 3.47. The van der Waals surface area contributed by atoms with Crippen LogP contribution in [-0.2, 0) is 11.2 Å². The number of hydrogen-bond acceptors (Lipinski definition) is 1. The van der Waals surface area contributed by atoms with Crippen molar-refractivity contribution in [2.45, 2.75) is 39.0 Å². The van der Waals surface area contributed by atoms with Gasteiger partial charge in [0.2, 0.25) is 0 Å². The number of H-pyrrole nitrogens is 1. The van der Waals surface area contributed by atoms with E-state index in [0.717, 1.165) is 24.1 Å². The second-order valence-corrected chi connectivity index (χ2v) is 4.66. The van der Waals surface area contributed by atoms with Crippen LogP contribution in [0.1, 0.15) is 43.9 Å². The van der Waals surface area contributed by atoms with Crippen molar-refractivity contribution in [2.24, 2.45) is 0 Å². The molecule has 0 saturated carbocycles. The normalized spacial score (nSPS) is 12.8. The van der Waals surface area contributed by atoms with E-state index >= 15 is 0 Å². The van der Waals surface area contributed by atoms with E-state index in [9.17, 15) is 4.79 Å². The van der Waals surface area contributed by atoms with Crippen molar-refractivity contribution in [3.63, 3.8) is 0 Å². The molecule has 1 aromatic carbocycles. The van der Waals surface area contributed by atoms with Crippen LogP contribution in [0.4, 0.5) is 0 Å². The van der Waals surface area contributed by atoms with Gasteiger partial charge in [0.25, 0.3) is 0 Å². The number of carboxylic acids is 1. The van der Waals surface area contributed by atoms with Crippen LogP contribution in [0.5, 0.6) is 0 Å². The van der Waals surface area contributed by atoms with Gasteiger partial charge in [0, 0.05) is 17.1 Å². The van der Waals surface area contributed by atoms with Gasteiger partial charge in [-0.3, -0.25) is 4.79 Å². The lowest BCUT2D eigenvalue weighted by molar-refractivity contribution is -0.137. The van der Waals surface area contributed by atoms with Crippen molar-refractivity contribution in [2.75, 3.05) is 0 Å². The van der Waals surface area contributed by atoms with E-state index in [0.29, 0.717) is 0 Å². The first-order valence-electron chi connectivity index (χ1n) is 6.48. The number of benzene rings is 1. The standard InChI is InChI=1S/C15H19NO2/c1-3-10-6-5-7-12-8-13(16-15(10)12)11(4-2)9-14(17)18/h5-8,11,16H,3-4,9H2,1-2H3,(H,17,18). The van der Waals surface area contributed by atoms with E-state index in [2.05, 4.69) is 36.2 Å². The molecule has 0 fully saturated rings. The third-order valence-electron chi connectivity index (χ3n) is 3.50. The fourth-order valence-corrected chi connectivity index (χ4v) is 2.44. The van der Waals surface area contributed by atoms with Gasteiger partial charge in [-0.15, -0.1) is 0 Å². The van der Waals surface area contributed by atoms with Gasteiger partial charge in [-0.1, -0.05) is 32.0 Å². The summed E-state index contributed by atoms with van der Waals surface area (Å²) in [7, 11) is 0. The monoisotopic (exact) mass is 245 g/mol. The number of aromatic nitrogens is 1. The first kappa shape index (κ1) is 12.7. The van der Waals surface area contributed by atoms with Gasteiger partial charge in [0.15, 0.2) is 0 Å². The third kappa shape index (κ3) is 2.40. The minimum absolute atomic E-state index is 0.0691. The van der Waals surface area contributed by atoms with E-state index in [1.807, 2.05) is 6.92 Å². The topological polar surface area (TPSA) is 53.1 Å². The number of fused-ring (bicyclic) bond motifs is 1. The van der Waals surface area contributed by atoms with E-state index in [1.54, 1.807) is 0 Å². The Labute approximate surface area is 107 Å². The fourth-order valence-electron chi connectivity index (χ4n) is 2.44. The van der Waals surface area contributed by atoms with Crippen LogP contribution in [0.3, 0.4) is 0 Å². The number of carbonyl (C=O) groups is 1. The Morgan fingerprint density at radius 3 is 2.78 bits per heavy atom. The Bertz CT molecular complexity index is 557. The maximum absolute atomic E-state index is 10.9. The molecular formula is C15H19NO2. The van der Waals surface area contributed by atoms with Crippen LogP contribution in [-0.4, -0.2) is 16.1 Å². The zero-order chi connectivity index (χ0) is 13.1. The number of aryl methyl sites for hydroxylation is 1. The largest absolute Gasteiger partial charge is 0.481 e. The summed E-state index contributed by atoms with van der Waals surface area (Å²) in [6, 6.07) is 8.32. The number of nitrogens with one attached hydrogen (secondary N) is 1. The number of aromatic amines is 1. The second-order valence-electron chi connectivity index (χ2n) is 4.66. The molecule has 1 unspecified atom stereocenters. The van der Waals surface area contributed by atoms with Gasteiger partial charge < -0.3 is 10.1 Å². The summed E-state index contributed by atoms with van der Waals surface area (Å²) in [4.78, 5) is 14.3. The molecule has 2 rings (SSSR count). The summed E-state index contributed by atoms with van der Waals surface area (Å²) in [5.74, 6) is -0.671. The molecule has 0 aliphatic rings. The van der Waals surface area contributed by atoms with Crippen LogP contribution in [0.15, 0.2) is 24.3 Å². The minimum atomic E-state index is -0.740. The van der Waals surface area contributed by atoms with Gasteiger partial charge in [-0.2, -0.15) is 0 Å². The number of carboxylic acid groups (broad SMARTS) is 1. The molecule has 96 valence electrons. The average molecular weight is 245 g/mol. The number of rotatable bonds is 5. The number of aliphatic carboxylic acids is 1. The van der Waals surface area contributed by atoms with Crippen molar-refractivity contribution in [1.82, 2.24) is 4.98 Å². The molecule has 0 aliphatic carbocycles. The maximum Gasteiger partial charge on any atom is 0.304 e. The highest BCUT2D eigenvalue weighted by atomic mass is 16.4. The van der Waals surface area contributed by atoms with Crippen molar-refractivity contribution >= 4 is 16.9 Å². The Morgan fingerprint density at radius 2 is 2.17 bits per heavy atom. The predicted molar refractivity (Wildman–Crippen MR) is 73.0 cm³/mol. The molecule has 3 heteroatoms. The molecule has 3 nitrogen and oxygen atoms in total. The minimum Gasteiger partial charge on any atom is -0.481 e. The zero-order valence-corrected chi connectivity index (χ0v) is 10.9. The van der Waals surface area contributed by atoms with Gasteiger partial charge >= 0.3 is 5.97 Å². The lowest BCUT2D eigenvalue weighted by Gasteiger charge is -2.09. The molecule has 0 amide bonds. The Balaban J connectivity index is 2.42. The van der Waals surface area contributed by atoms with Crippen molar-refractivity contribution in [3.05, 3.63) is 35.5 Å².